The van der Waals surface area contributed by atoms with Gasteiger partial charge < -0.3 is 14.7 Å². The number of halogens is 1. The van der Waals surface area contributed by atoms with E-state index in [0.29, 0.717) is 23.9 Å². The zero-order chi connectivity index (χ0) is 20.6. The summed E-state index contributed by atoms with van der Waals surface area (Å²) in [6.07, 6.45) is 0.823. The molecule has 0 fully saturated rings. The Labute approximate surface area is 175 Å². The van der Waals surface area contributed by atoms with Gasteiger partial charge in [-0.1, -0.05) is 23.7 Å². The summed E-state index contributed by atoms with van der Waals surface area (Å²) >= 11 is 7.66. The van der Waals surface area contributed by atoms with Crippen LogP contribution >= 0.6 is 23.4 Å². The quantitative estimate of drug-likeness (QED) is 0.259. The monoisotopic (exact) mass is 442 g/mol. The summed E-state index contributed by atoms with van der Waals surface area (Å²) in [6, 6.07) is 11.1. The van der Waals surface area contributed by atoms with Gasteiger partial charge in [0.15, 0.2) is 0 Å². The number of ether oxygens (including phenoxy) is 1. The van der Waals surface area contributed by atoms with Gasteiger partial charge in [-0.2, -0.15) is 20.2 Å². The molecule has 0 aliphatic heterocycles. The number of aryl methyl sites for hydroxylation is 1. The Morgan fingerprint density at radius 3 is 2.64 bits per heavy atom. The van der Waals surface area contributed by atoms with E-state index in [9.17, 15) is 8.42 Å². The standard InChI is InChI=1S/C19H23ClN2O4S2/c1-14-10-15(25-8-5-9-27-13-19(21)22-2)12-16(11-14)26-28(23,24)18-7-4-3-6-17(18)20/h3-4,6-7,10-12H,5,8-9,13H2,1-2H3,(H2,21,22). The van der Waals surface area contributed by atoms with Crippen molar-refractivity contribution < 1.29 is 17.3 Å². The third kappa shape index (κ3) is 6.92. The van der Waals surface area contributed by atoms with Gasteiger partial charge in [0.05, 0.1) is 17.4 Å². The molecule has 2 aromatic carbocycles. The fourth-order valence-electron chi connectivity index (χ4n) is 2.26. The molecule has 0 saturated carbocycles. The van der Waals surface area contributed by atoms with Crippen molar-refractivity contribution in [3.63, 3.8) is 0 Å². The minimum Gasteiger partial charge on any atom is -0.493 e. The molecule has 0 bridgehead atoms. The van der Waals surface area contributed by atoms with Crippen LogP contribution in [0.1, 0.15) is 12.0 Å². The third-order valence-electron chi connectivity index (χ3n) is 3.58. The highest BCUT2D eigenvalue weighted by Crippen LogP contribution is 2.28. The highest BCUT2D eigenvalue weighted by Gasteiger charge is 2.20. The van der Waals surface area contributed by atoms with Crippen molar-refractivity contribution in [3.8, 4) is 11.5 Å². The molecule has 28 heavy (non-hydrogen) atoms. The Morgan fingerprint density at radius 1 is 1.21 bits per heavy atom. The Balaban J connectivity index is 1.97. The molecule has 0 aliphatic carbocycles. The second-order valence-electron chi connectivity index (χ2n) is 5.92. The molecule has 0 radical (unpaired) electrons. The summed E-state index contributed by atoms with van der Waals surface area (Å²) in [5, 5.41) is 0.109. The second kappa shape index (κ2) is 10.6. The summed E-state index contributed by atoms with van der Waals surface area (Å²) in [4.78, 5) is 3.82. The lowest BCUT2D eigenvalue weighted by atomic mass is 10.2. The molecule has 0 saturated heterocycles. The number of amidine groups is 1. The lowest BCUT2D eigenvalue weighted by Gasteiger charge is -2.12. The van der Waals surface area contributed by atoms with Crippen LogP contribution in [0.5, 0.6) is 11.5 Å². The number of benzene rings is 2. The van der Waals surface area contributed by atoms with Crippen molar-refractivity contribution in [1.82, 2.24) is 0 Å². The van der Waals surface area contributed by atoms with Crippen LogP contribution in [0, 0.1) is 6.92 Å². The van der Waals surface area contributed by atoms with Gasteiger partial charge in [0.1, 0.15) is 22.2 Å². The number of thioether (sulfide) groups is 1. The predicted molar refractivity (Wildman–Crippen MR) is 115 cm³/mol. The molecule has 2 rings (SSSR count). The van der Waals surface area contributed by atoms with Crippen molar-refractivity contribution >= 4 is 39.3 Å². The van der Waals surface area contributed by atoms with Crippen LogP contribution in [0.4, 0.5) is 0 Å². The third-order valence-corrected chi connectivity index (χ3v) is 6.40. The molecular weight excluding hydrogens is 420 g/mol. The van der Waals surface area contributed by atoms with Gasteiger partial charge in [0, 0.05) is 13.1 Å². The van der Waals surface area contributed by atoms with Gasteiger partial charge in [-0.15, -0.1) is 0 Å². The Kier molecular flexibility index (Phi) is 8.47. The molecule has 9 heteroatoms. The van der Waals surface area contributed by atoms with E-state index >= 15 is 0 Å². The number of hydrogen-bond donors (Lipinski definition) is 1. The average molecular weight is 443 g/mol. The molecule has 0 unspecified atom stereocenters. The van der Waals surface area contributed by atoms with Crippen LogP contribution in [0.3, 0.4) is 0 Å². The van der Waals surface area contributed by atoms with Crippen LogP contribution in [0.15, 0.2) is 52.4 Å². The van der Waals surface area contributed by atoms with E-state index in [1.807, 2.05) is 13.0 Å². The van der Waals surface area contributed by atoms with Crippen molar-refractivity contribution in [1.29, 1.82) is 0 Å². The van der Waals surface area contributed by atoms with Crippen LogP contribution in [-0.2, 0) is 10.1 Å². The van der Waals surface area contributed by atoms with Gasteiger partial charge >= 0.3 is 10.1 Å². The number of rotatable bonds is 10. The number of aliphatic imine (C=N–C) groups is 1. The first-order chi connectivity index (χ1) is 13.3. The van der Waals surface area contributed by atoms with Crippen molar-refractivity contribution in [2.45, 2.75) is 18.2 Å². The van der Waals surface area contributed by atoms with Gasteiger partial charge in [-0.25, -0.2) is 0 Å². The summed E-state index contributed by atoms with van der Waals surface area (Å²) in [6.45, 7) is 2.33. The molecule has 0 heterocycles. The Morgan fingerprint density at radius 2 is 1.93 bits per heavy atom. The largest absolute Gasteiger partial charge is 0.493 e. The molecule has 0 spiro atoms. The average Bonchev–Trinajstić information content (AvgIpc) is 2.63. The van der Waals surface area contributed by atoms with E-state index in [4.69, 9.17) is 26.3 Å². The Bertz CT molecular complexity index is 933. The highest BCUT2D eigenvalue weighted by atomic mass is 35.5. The topological polar surface area (TPSA) is 91.0 Å². The first kappa shape index (κ1) is 22.4. The minimum absolute atomic E-state index is 0.0763. The van der Waals surface area contributed by atoms with Crippen LogP contribution in [0.2, 0.25) is 5.02 Å². The highest BCUT2D eigenvalue weighted by molar-refractivity contribution is 7.99. The van der Waals surface area contributed by atoms with Gasteiger partial charge in [0.25, 0.3) is 0 Å². The smallest absolute Gasteiger partial charge is 0.340 e. The predicted octanol–water partition coefficient (Wildman–Crippen LogP) is 3.91. The zero-order valence-corrected chi connectivity index (χ0v) is 18.1. The molecule has 152 valence electrons. The molecule has 6 nitrogen and oxygen atoms in total. The molecule has 0 atom stereocenters. The van der Waals surface area contributed by atoms with E-state index in [0.717, 1.165) is 17.7 Å². The van der Waals surface area contributed by atoms with Crippen molar-refractivity contribution in [2.75, 3.05) is 25.2 Å². The van der Waals surface area contributed by atoms with Crippen LogP contribution < -0.4 is 14.7 Å². The number of hydrogen-bond acceptors (Lipinski definition) is 6. The fraction of sp³-hybridized carbons (Fsp3) is 0.316. The van der Waals surface area contributed by atoms with Gasteiger partial charge in [-0.05, 0) is 48.9 Å². The van der Waals surface area contributed by atoms with E-state index in [1.54, 1.807) is 43.1 Å². The fourth-order valence-corrected chi connectivity index (χ4v) is 4.47. The van der Waals surface area contributed by atoms with E-state index in [1.165, 1.54) is 12.1 Å². The van der Waals surface area contributed by atoms with Crippen LogP contribution in [0.25, 0.3) is 0 Å². The maximum Gasteiger partial charge on any atom is 0.340 e. The van der Waals surface area contributed by atoms with Gasteiger partial charge in [0.2, 0.25) is 0 Å². The molecule has 2 N–H and O–H groups in total. The van der Waals surface area contributed by atoms with Crippen molar-refractivity contribution in [2.24, 2.45) is 10.7 Å². The summed E-state index contributed by atoms with van der Waals surface area (Å²) in [5.41, 5.74) is 6.46. The van der Waals surface area contributed by atoms with Crippen molar-refractivity contribution in [3.05, 3.63) is 53.1 Å². The lowest BCUT2D eigenvalue weighted by Crippen LogP contribution is -2.14. The molecular formula is C19H23ClN2O4S2. The van der Waals surface area contributed by atoms with E-state index < -0.39 is 10.1 Å². The summed E-state index contributed by atoms with van der Waals surface area (Å²) in [5.74, 6) is 2.91. The van der Waals surface area contributed by atoms with Crippen LogP contribution in [-0.4, -0.2) is 39.4 Å². The second-order valence-corrected chi connectivity index (χ2v) is 8.95. The molecule has 2 aromatic rings. The molecule has 0 aliphatic rings. The summed E-state index contributed by atoms with van der Waals surface area (Å²) in [7, 11) is -2.37. The molecule has 0 amide bonds. The molecule has 0 aromatic heterocycles. The van der Waals surface area contributed by atoms with E-state index in [2.05, 4.69) is 4.99 Å². The first-order valence-electron chi connectivity index (χ1n) is 8.54. The zero-order valence-electron chi connectivity index (χ0n) is 15.7. The normalized spacial score (nSPS) is 12.0. The first-order valence-corrected chi connectivity index (χ1v) is 11.5. The maximum atomic E-state index is 12.5. The van der Waals surface area contributed by atoms with E-state index in [-0.39, 0.29) is 15.7 Å². The number of nitrogens with zero attached hydrogens (tertiary/aromatic N) is 1. The van der Waals surface area contributed by atoms with Gasteiger partial charge in [-0.3, -0.25) is 4.99 Å². The maximum absolute atomic E-state index is 12.5. The lowest BCUT2D eigenvalue weighted by molar-refractivity contribution is 0.317. The number of nitrogens with two attached hydrogens (primary N) is 1. The Hall–Kier alpha value is -1.90. The SMILES string of the molecule is C/N=C(/N)CSCCCOc1cc(C)cc(OS(=O)(=O)c2ccccc2Cl)c1. The minimum atomic E-state index is -4.03. The summed E-state index contributed by atoms with van der Waals surface area (Å²) < 4.78 is 36.0.